The number of carbonyl (C=O) groups is 1. The van der Waals surface area contributed by atoms with E-state index in [-0.39, 0.29) is 5.91 Å². The number of amidine groups is 1. The molecule has 76 valence electrons. The number of nitrogens with zero attached hydrogens (tertiary/aromatic N) is 2. The molecule has 0 aromatic heterocycles. The quantitative estimate of drug-likeness (QED) is 0.484. The van der Waals surface area contributed by atoms with Gasteiger partial charge >= 0.3 is 0 Å². The second-order valence-electron chi connectivity index (χ2n) is 2.66. The zero-order chi connectivity index (χ0) is 10.3. The van der Waals surface area contributed by atoms with Crippen molar-refractivity contribution in [3.63, 3.8) is 0 Å². The van der Waals surface area contributed by atoms with Gasteiger partial charge in [0.05, 0.1) is 13.2 Å². The fourth-order valence-corrected chi connectivity index (χ4v) is 1.12. The molecule has 0 saturated carbocycles. The molecule has 0 aliphatic heterocycles. The molecule has 0 rings (SSSR count). The maximum Gasteiger partial charge on any atom is 0.224 e. The molecule has 0 N–H and O–H groups in total. The fraction of sp³-hybridized carbons (Fsp3) is 0.778. The van der Waals surface area contributed by atoms with Gasteiger partial charge in [-0.15, -0.1) is 0 Å². The molecule has 0 aromatic rings. The van der Waals surface area contributed by atoms with Crippen molar-refractivity contribution in [3.8, 4) is 0 Å². The Balaban J connectivity index is 4.31. The first-order valence-electron chi connectivity index (χ1n) is 4.40. The average molecular weight is 186 g/mol. The van der Waals surface area contributed by atoms with Crippen molar-refractivity contribution in [1.82, 2.24) is 4.90 Å². The summed E-state index contributed by atoms with van der Waals surface area (Å²) in [7, 11) is 3.31. The first-order chi connectivity index (χ1) is 6.17. The van der Waals surface area contributed by atoms with E-state index in [4.69, 9.17) is 4.74 Å². The highest BCUT2D eigenvalue weighted by atomic mass is 16.5. The van der Waals surface area contributed by atoms with E-state index in [1.54, 1.807) is 19.1 Å². The first kappa shape index (κ1) is 12.1. The highest BCUT2D eigenvalue weighted by molar-refractivity contribution is 5.97. The van der Waals surface area contributed by atoms with Crippen LogP contribution in [-0.4, -0.2) is 44.0 Å². The van der Waals surface area contributed by atoms with Crippen LogP contribution >= 0.6 is 0 Å². The van der Waals surface area contributed by atoms with E-state index in [1.807, 2.05) is 6.92 Å². The van der Waals surface area contributed by atoms with Crippen LogP contribution in [0.2, 0.25) is 0 Å². The van der Waals surface area contributed by atoms with Crippen molar-refractivity contribution in [1.29, 1.82) is 0 Å². The molecular weight excluding hydrogens is 168 g/mol. The number of hydrogen-bond donors (Lipinski definition) is 0. The topological polar surface area (TPSA) is 41.9 Å². The Morgan fingerprint density at radius 3 is 2.46 bits per heavy atom. The molecule has 1 amide bonds. The second kappa shape index (κ2) is 6.60. The lowest BCUT2D eigenvalue weighted by Crippen LogP contribution is -2.37. The predicted octanol–water partition coefficient (Wildman–Crippen LogP) is 0.920. The second-order valence-corrected chi connectivity index (χ2v) is 2.66. The van der Waals surface area contributed by atoms with Crippen LogP contribution in [-0.2, 0) is 9.53 Å². The number of rotatable bonds is 4. The lowest BCUT2D eigenvalue weighted by atomic mass is 10.3. The zero-order valence-corrected chi connectivity index (χ0v) is 8.83. The van der Waals surface area contributed by atoms with Crippen LogP contribution in [0.4, 0.5) is 0 Å². The van der Waals surface area contributed by atoms with Crippen LogP contribution < -0.4 is 0 Å². The Morgan fingerprint density at radius 2 is 2.15 bits per heavy atom. The normalized spacial score (nSPS) is 11.5. The molecule has 0 atom stereocenters. The number of carbonyl (C=O) groups excluding carboxylic acids is 1. The van der Waals surface area contributed by atoms with Gasteiger partial charge < -0.3 is 4.74 Å². The highest BCUT2D eigenvalue weighted by Crippen LogP contribution is 1.97. The smallest absolute Gasteiger partial charge is 0.224 e. The van der Waals surface area contributed by atoms with Gasteiger partial charge in [0.2, 0.25) is 5.91 Å². The summed E-state index contributed by atoms with van der Waals surface area (Å²) in [4.78, 5) is 16.9. The molecule has 0 aliphatic carbocycles. The van der Waals surface area contributed by atoms with E-state index >= 15 is 0 Å². The number of ether oxygens (including phenoxy) is 1. The van der Waals surface area contributed by atoms with Gasteiger partial charge in [-0.3, -0.25) is 14.7 Å². The molecule has 0 unspecified atom stereocenters. The van der Waals surface area contributed by atoms with Gasteiger partial charge in [0.25, 0.3) is 0 Å². The lowest BCUT2D eigenvalue weighted by Gasteiger charge is -2.21. The third kappa shape index (κ3) is 4.03. The Bertz CT molecular complexity index is 190. The maximum absolute atomic E-state index is 11.2. The first-order valence-corrected chi connectivity index (χ1v) is 4.40. The summed E-state index contributed by atoms with van der Waals surface area (Å²) in [6.07, 6.45) is 0.764. The van der Waals surface area contributed by atoms with E-state index in [0.717, 1.165) is 12.3 Å². The van der Waals surface area contributed by atoms with Gasteiger partial charge in [0, 0.05) is 27.5 Å². The SMILES string of the molecule is CCC(=NC)N(CCOC)C(C)=O. The number of hydrogen-bond acceptors (Lipinski definition) is 3. The summed E-state index contributed by atoms with van der Waals surface area (Å²) in [5, 5.41) is 0. The van der Waals surface area contributed by atoms with Gasteiger partial charge in [0.1, 0.15) is 5.84 Å². The Kier molecular flexibility index (Phi) is 6.14. The van der Waals surface area contributed by atoms with Crippen LogP contribution in [0, 0.1) is 0 Å². The molecule has 4 heteroatoms. The Labute approximate surface area is 79.6 Å². The van der Waals surface area contributed by atoms with Crippen LogP contribution in [0.3, 0.4) is 0 Å². The summed E-state index contributed by atoms with van der Waals surface area (Å²) in [5.41, 5.74) is 0. The maximum atomic E-state index is 11.2. The minimum absolute atomic E-state index is 0.0134. The largest absolute Gasteiger partial charge is 0.383 e. The van der Waals surface area contributed by atoms with Crippen LogP contribution in [0.25, 0.3) is 0 Å². The van der Waals surface area contributed by atoms with Crippen molar-refractivity contribution < 1.29 is 9.53 Å². The molecule has 13 heavy (non-hydrogen) atoms. The van der Waals surface area contributed by atoms with E-state index in [0.29, 0.717) is 13.2 Å². The molecule has 0 bridgehead atoms. The summed E-state index contributed by atoms with van der Waals surface area (Å²) in [6.45, 7) is 4.63. The van der Waals surface area contributed by atoms with Crippen molar-refractivity contribution >= 4 is 11.7 Å². The third-order valence-corrected chi connectivity index (χ3v) is 1.79. The molecule has 0 spiro atoms. The van der Waals surface area contributed by atoms with E-state index < -0.39 is 0 Å². The zero-order valence-electron chi connectivity index (χ0n) is 8.83. The molecular formula is C9H18N2O2. The van der Waals surface area contributed by atoms with Gasteiger partial charge in [-0.05, 0) is 0 Å². The number of amides is 1. The molecule has 0 saturated heterocycles. The van der Waals surface area contributed by atoms with Crippen LogP contribution in [0.1, 0.15) is 20.3 Å². The molecule has 4 nitrogen and oxygen atoms in total. The van der Waals surface area contributed by atoms with Gasteiger partial charge in [-0.25, -0.2) is 0 Å². The number of methoxy groups -OCH3 is 1. The van der Waals surface area contributed by atoms with Gasteiger partial charge in [0.15, 0.2) is 0 Å². The minimum atomic E-state index is 0.0134. The van der Waals surface area contributed by atoms with Crippen molar-refractivity contribution in [2.45, 2.75) is 20.3 Å². The Hall–Kier alpha value is -0.900. The highest BCUT2D eigenvalue weighted by Gasteiger charge is 2.12. The van der Waals surface area contributed by atoms with E-state index in [2.05, 4.69) is 4.99 Å². The summed E-state index contributed by atoms with van der Waals surface area (Å²) in [6, 6.07) is 0. The van der Waals surface area contributed by atoms with Gasteiger partial charge in [-0.1, -0.05) is 6.92 Å². The number of aliphatic imine (C=N–C) groups is 1. The standard InChI is InChI=1S/C9H18N2O2/c1-5-9(10-3)11(8(2)12)6-7-13-4/h5-7H2,1-4H3. The van der Waals surface area contributed by atoms with E-state index in [1.165, 1.54) is 6.92 Å². The monoisotopic (exact) mass is 186 g/mol. The lowest BCUT2D eigenvalue weighted by molar-refractivity contribution is -0.125. The summed E-state index contributed by atoms with van der Waals surface area (Å²) in [5.74, 6) is 0.823. The van der Waals surface area contributed by atoms with Gasteiger partial charge in [-0.2, -0.15) is 0 Å². The van der Waals surface area contributed by atoms with E-state index in [9.17, 15) is 4.79 Å². The molecule has 0 aromatic carbocycles. The third-order valence-electron chi connectivity index (χ3n) is 1.79. The van der Waals surface area contributed by atoms with Crippen LogP contribution in [0.15, 0.2) is 4.99 Å². The Morgan fingerprint density at radius 1 is 1.54 bits per heavy atom. The molecule has 0 radical (unpaired) electrons. The summed E-state index contributed by atoms with van der Waals surface area (Å²) < 4.78 is 4.91. The van der Waals surface area contributed by atoms with Crippen LogP contribution in [0.5, 0.6) is 0 Å². The summed E-state index contributed by atoms with van der Waals surface area (Å²) >= 11 is 0. The molecule has 0 aliphatic rings. The molecule has 0 heterocycles. The van der Waals surface area contributed by atoms with Crippen molar-refractivity contribution in [3.05, 3.63) is 0 Å². The van der Waals surface area contributed by atoms with Crippen molar-refractivity contribution in [2.24, 2.45) is 4.99 Å². The van der Waals surface area contributed by atoms with Crippen molar-refractivity contribution in [2.75, 3.05) is 27.3 Å². The predicted molar refractivity (Wildman–Crippen MR) is 52.9 cm³/mol. The fourth-order valence-electron chi connectivity index (χ4n) is 1.12. The molecule has 0 fully saturated rings. The minimum Gasteiger partial charge on any atom is -0.383 e. The average Bonchev–Trinajstić information content (AvgIpc) is 2.11.